The van der Waals surface area contributed by atoms with Crippen molar-refractivity contribution in [3.8, 4) is 11.8 Å². The highest BCUT2D eigenvalue weighted by atomic mass is 35.5. The number of amides is 1. The number of nitrogens with zero attached hydrogens (tertiary/aromatic N) is 1. The van der Waals surface area contributed by atoms with E-state index in [1.807, 2.05) is 45.0 Å². The molecular formula is C21H20Cl2N2O2. The molecule has 1 amide bonds. The summed E-state index contributed by atoms with van der Waals surface area (Å²) in [6.45, 7) is 6.29. The average molecular weight is 403 g/mol. The molecule has 0 saturated heterocycles. The van der Waals surface area contributed by atoms with E-state index < -0.39 is 5.91 Å². The third-order valence-electron chi connectivity index (χ3n) is 3.78. The van der Waals surface area contributed by atoms with Crippen molar-refractivity contribution in [1.29, 1.82) is 5.26 Å². The normalized spacial score (nSPS) is 11.0. The van der Waals surface area contributed by atoms with E-state index in [4.69, 9.17) is 27.9 Å². The molecule has 0 spiro atoms. The molecule has 140 valence electrons. The van der Waals surface area contributed by atoms with Gasteiger partial charge in [-0.1, -0.05) is 47.8 Å². The van der Waals surface area contributed by atoms with Crippen LogP contribution in [-0.2, 0) is 4.79 Å². The first-order chi connectivity index (χ1) is 12.8. The molecule has 0 saturated carbocycles. The molecular weight excluding hydrogens is 383 g/mol. The van der Waals surface area contributed by atoms with Crippen LogP contribution in [0.3, 0.4) is 0 Å². The van der Waals surface area contributed by atoms with E-state index in [0.717, 1.165) is 17.5 Å². The van der Waals surface area contributed by atoms with Crippen molar-refractivity contribution in [2.45, 2.75) is 27.2 Å². The topological polar surface area (TPSA) is 62.1 Å². The Morgan fingerprint density at radius 3 is 2.63 bits per heavy atom. The van der Waals surface area contributed by atoms with Gasteiger partial charge in [0.05, 0.1) is 11.6 Å². The van der Waals surface area contributed by atoms with Gasteiger partial charge in [-0.15, -0.1) is 0 Å². The van der Waals surface area contributed by atoms with Gasteiger partial charge >= 0.3 is 0 Å². The van der Waals surface area contributed by atoms with Gasteiger partial charge in [-0.25, -0.2) is 0 Å². The summed E-state index contributed by atoms with van der Waals surface area (Å²) in [5, 5.41) is 13.0. The number of carbonyl (C=O) groups is 1. The van der Waals surface area contributed by atoms with Crippen LogP contribution in [0.2, 0.25) is 10.0 Å². The molecule has 2 aromatic carbocycles. The fraction of sp³-hybridized carbons (Fsp3) is 0.238. The molecule has 0 heterocycles. The lowest BCUT2D eigenvalue weighted by Gasteiger charge is -2.12. The molecule has 0 radical (unpaired) electrons. The monoisotopic (exact) mass is 402 g/mol. The first-order valence-corrected chi connectivity index (χ1v) is 9.23. The van der Waals surface area contributed by atoms with Crippen molar-refractivity contribution in [3.63, 3.8) is 0 Å². The second-order valence-electron chi connectivity index (χ2n) is 6.10. The molecule has 0 bridgehead atoms. The number of hydrogen-bond acceptors (Lipinski definition) is 3. The Morgan fingerprint density at radius 1 is 1.26 bits per heavy atom. The summed E-state index contributed by atoms with van der Waals surface area (Å²) >= 11 is 12.3. The van der Waals surface area contributed by atoms with Crippen LogP contribution in [0.15, 0.2) is 35.9 Å². The average Bonchev–Trinajstić information content (AvgIpc) is 2.61. The van der Waals surface area contributed by atoms with Gasteiger partial charge < -0.3 is 10.1 Å². The number of nitriles is 1. The minimum Gasteiger partial charge on any atom is -0.491 e. The largest absolute Gasteiger partial charge is 0.491 e. The zero-order valence-corrected chi connectivity index (χ0v) is 16.9. The number of nitrogens with one attached hydrogen (secondary N) is 1. The molecule has 2 rings (SSSR count). The highest BCUT2D eigenvalue weighted by Crippen LogP contribution is 2.34. The van der Waals surface area contributed by atoms with E-state index in [0.29, 0.717) is 33.7 Å². The smallest absolute Gasteiger partial charge is 0.266 e. The van der Waals surface area contributed by atoms with Crippen LogP contribution in [0, 0.1) is 25.2 Å². The Morgan fingerprint density at radius 2 is 2.00 bits per heavy atom. The molecule has 1 N–H and O–H groups in total. The summed E-state index contributed by atoms with van der Waals surface area (Å²) in [6, 6.07) is 10.8. The lowest BCUT2D eigenvalue weighted by Crippen LogP contribution is -2.14. The quantitative estimate of drug-likeness (QED) is 0.479. The molecule has 0 aliphatic heterocycles. The maximum atomic E-state index is 12.6. The number of carbonyl (C=O) groups excluding carboxylic acids is 1. The molecule has 4 nitrogen and oxygen atoms in total. The van der Waals surface area contributed by atoms with E-state index in [-0.39, 0.29) is 5.57 Å². The van der Waals surface area contributed by atoms with Crippen LogP contribution >= 0.6 is 23.2 Å². The first-order valence-electron chi connectivity index (χ1n) is 8.48. The van der Waals surface area contributed by atoms with Gasteiger partial charge in [-0.3, -0.25) is 4.79 Å². The summed E-state index contributed by atoms with van der Waals surface area (Å²) in [6.07, 6.45) is 2.22. The van der Waals surface area contributed by atoms with Crippen LogP contribution in [0.25, 0.3) is 6.08 Å². The highest BCUT2D eigenvalue weighted by molar-refractivity contribution is 6.36. The fourth-order valence-electron chi connectivity index (χ4n) is 2.49. The Bertz CT molecular complexity index is 931. The zero-order chi connectivity index (χ0) is 20.0. The predicted molar refractivity (Wildman–Crippen MR) is 110 cm³/mol. The number of hydrogen-bond donors (Lipinski definition) is 1. The van der Waals surface area contributed by atoms with E-state index in [2.05, 4.69) is 5.32 Å². The molecule has 0 unspecified atom stereocenters. The maximum absolute atomic E-state index is 12.6. The third kappa shape index (κ3) is 5.50. The van der Waals surface area contributed by atoms with Gasteiger partial charge in [0.15, 0.2) is 0 Å². The highest BCUT2D eigenvalue weighted by Gasteiger charge is 2.15. The second-order valence-corrected chi connectivity index (χ2v) is 6.94. The molecule has 0 atom stereocenters. The maximum Gasteiger partial charge on any atom is 0.266 e. The van der Waals surface area contributed by atoms with Crippen LogP contribution in [0.5, 0.6) is 5.75 Å². The van der Waals surface area contributed by atoms with Gasteiger partial charge in [0.25, 0.3) is 5.91 Å². The van der Waals surface area contributed by atoms with Gasteiger partial charge in [-0.05, 0) is 50.1 Å². The molecule has 2 aromatic rings. The SMILES string of the molecule is CCCOc1c(Cl)cc(Cl)cc1/C=C(\C#N)C(=O)Nc1ccc(C)cc1C. The molecule has 0 aliphatic carbocycles. The summed E-state index contributed by atoms with van der Waals surface area (Å²) in [7, 11) is 0. The number of aryl methyl sites for hydroxylation is 2. The number of rotatable bonds is 6. The number of benzene rings is 2. The standard InChI is InChI=1S/C21H20Cl2N2O2/c1-4-7-27-20-15(10-17(22)11-18(20)23)9-16(12-24)21(26)25-19-6-5-13(2)8-14(19)3/h5-6,8-11H,4,7H2,1-3H3,(H,25,26)/b16-9+. The van der Waals surface area contributed by atoms with Gasteiger partial charge in [0.1, 0.15) is 17.4 Å². The Labute approximate surface area is 169 Å². The van der Waals surface area contributed by atoms with Crippen molar-refractivity contribution in [1.82, 2.24) is 0 Å². The fourth-order valence-corrected chi connectivity index (χ4v) is 3.06. The van der Waals surface area contributed by atoms with Crippen molar-refractivity contribution in [2.75, 3.05) is 11.9 Å². The van der Waals surface area contributed by atoms with Crippen molar-refractivity contribution < 1.29 is 9.53 Å². The number of anilines is 1. The Hall–Kier alpha value is -2.48. The molecule has 0 aliphatic rings. The van der Waals surface area contributed by atoms with Gasteiger partial charge in [0.2, 0.25) is 0 Å². The summed E-state index contributed by atoms with van der Waals surface area (Å²) < 4.78 is 5.67. The summed E-state index contributed by atoms with van der Waals surface area (Å²) in [4.78, 5) is 12.6. The van der Waals surface area contributed by atoms with Crippen LogP contribution < -0.4 is 10.1 Å². The molecule has 27 heavy (non-hydrogen) atoms. The van der Waals surface area contributed by atoms with Crippen LogP contribution in [-0.4, -0.2) is 12.5 Å². The van der Waals surface area contributed by atoms with Crippen molar-refractivity contribution in [3.05, 3.63) is 62.6 Å². The number of ether oxygens (including phenoxy) is 1. The van der Waals surface area contributed by atoms with E-state index in [1.54, 1.807) is 12.1 Å². The van der Waals surface area contributed by atoms with Gasteiger partial charge in [-0.2, -0.15) is 5.26 Å². The molecule has 0 aromatic heterocycles. The van der Waals surface area contributed by atoms with E-state index in [9.17, 15) is 10.1 Å². The molecule has 6 heteroatoms. The first kappa shape index (κ1) is 20.8. The zero-order valence-electron chi connectivity index (χ0n) is 15.4. The minimum absolute atomic E-state index is 0.0744. The summed E-state index contributed by atoms with van der Waals surface area (Å²) in [5.74, 6) is -0.114. The lowest BCUT2D eigenvalue weighted by atomic mass is 10.1. The molecule has 0 fully saturated rings. The van der Waals surface area contributed by atoms with Crippen molar-refractivity contribution >= 4 is 40.9 Å². The lowest BCUT2D eigenvalue weighted by molar-refractivity contribution is -0.112. The minimum atomic E-state index is -0.512. The second kappa shape index (κ2) is 9.45. The van der Waals surface area contributed by atoms with Crippen molar-refractivity contribution in [2.24, 2.45) is 0 Å². The Kier molecular flexibility index (Phi) is 7.29. The van der Waals surface area contributed by atoms with Gasteiger partial charge in [0, 0.05) is 16.3 Å². The third-order valence-corrected chi connectivity index (χ3v) is 4.28. The summed E-state index contributed by atoms with van der Waals surface area (Å²) in [5.41, 5.74) is 3.06. The van der Waals surface area contributed by atoms with Crippen LogP contribution in [0.1, 0.15) is 30.0 Å². The Balaban J connectivity index is 2.37. The predicted octanol–water partition coefficient (Wildman–Crippen LogP) is 5.94. The van der Waals surface area contributed by atoms with Crippen LogP contribution in [0.4, 0.5) is 5.69 Å². The van der Waals surface area contributed by atoms with E-state index in [1.165, 1.54) is 6.08 Å². The van der Waals surface area contributed by atoms with E-state index >= 15 is 0 Å². The number of halogens is 2.